The van der Waals surface area contributed by atoms with E-state index < -0.39 is 0 Å². The van der Waals surface area contributed by atoms with E-state index >= 15 is 0 Å². The summed E-state index contributed by atoms with van der Waals surface area (Å²) in [6.07, 6.45) is 8.05. The molecule has 4 unspecified atom stereocenters. The first-order chi connectivity index (χ1) is 11.7. The van der Waals surface area contributed by atoms with Crippen molar-refractivity contribution in [2.24, 2.45) is 17.8 Å². The maximum atomic E-state index is 5.42. The van der Waals surface area contributed by atoms with Crippen LogP contribution in [-0.2, 0) is 6.54 Å². The second kappa shape index (κ2) is 6.60. The number of thiophene rings is 1. The van der Waals surface area contributed by atoms with E-state index in [1.54, 1.807) is 11.3 Å². The Hall–Kier alpha value is -1.20. The van der Waals surface area contributed by atoms with Gasteiger partial charge >= 0.3 is 0 Å². The third kappa shape index (κ3) is 3.29. The number of nitrogens with one attached hydrogen (secondary N) is 1. The van der Waals surface area contributed by atoms with Gasteiger partial charge in [0.1, 0.15) is 0 Å². The highest BCUT2D eigenvalue weighted by molar-refractivity contribution is 7.13. The lowest BCUT2D eigenvalue weighted by molar-refractivity contribution is 0.0469. The smallest absolute Gasteiger partial charge is 0.268 e. The molecule has 2 aromatic rings. The summed E-state index contributed by atoms with van der Waals surface area (Å²) in [6.45, 7) is 5.47. The summed E-state index contributed by atoms with van der Waals surface area (Å²) in [7, 11) is 0. The van der Waals surface area contributed by atoms with Gasteiger partial charge in [0.2, 0.25) is 0 Å². The SMILES string of the molecule is CCC1CC2CC(C)CC(NCc3noc(-c4cccs4)n3)(C1)C2. The molecule has 0 radical (unpaired) electrons. The second-order valence-corrected chi connectivity index (χ2v) is 8.90. The number of hydrogen-bond acceptors (Lipinski definition) is 5. The van der Waals surface area contributed by atoms with E-state index in [4.69, 9.17) is 4.52 Å². The van der Waals surface area contributed by atoms with Crippen molar-refractivity contribution in [1.82, 2.24) is 15.5 Å². The molecule has 130 valence electrons. The fourth-order valence-electron chi connectivity index (χ4n) is 5.11. The number of rotatable bonds is 5. The Morgan fingerprint density at radius 3 is 3.04 bits per heavy atom. The van der Waals surface area contributed by atoms with Gasteiger partial charge in [-0.25, -0.2) is 0 Å². The standard InChI is InChI=1S/C19H27N3OS/c1-3-14-8-15-7-13(2)9-19(10-14,11-15)20-12-17-21-18(23-22-17)16-5-4-6-24-16/h4-6,13-15,20H,3,7-12H2,1-2H3. The maximum Gasteiger partial charge on any atom is 0.268 e. The number of nitrogens with zero attached hydrogens (tertiary/aromatic N) is 2. The molecule has 4 rings (SSSR count). The zero-order valence-electron chi connectivity index (χ0n) is 14.6. The first kappa shape index (κ1) is 16.3. The Morgan fingerprint density at radius 1 is 1.33 bits per heavy atom. The molecule has 24 heavy (non-hydrogen) atoms. The van der Waals surface area contributed by atoms with Crippen LogP contribution in [0.5, 0.6) is 0 Å². The molecule has 2 heterocycles. The predicted octanol–water partition coefficient (Wildman–Crippen LogP) is 4.88. The van der Waals surface area contributed by atoms with Crippen molar-refractivity contribution in [3.05, 3.63) is 23.3 Å². The van der Waals surface area contributed by atoms with Crippen molar-refractivity contribution >= 4 is 11.3 Å². The first-order valence-electron chi connectivity index (χ1n) is 9.27. The van der Waals surface area contributed by atoms with Crippen LogP contribution in [0.1, 0.15) is 58.2 Å². The van der Waals surface area contributed by atoms with Crippen LogP contribution in [0.4, 0.5) is 0 Å². The van der Waals surface area contributed by atoms with Crippen molar-refractivity contribution in [3.63, 3.8) is 0 Å². The van der Waals surface area contributed by atoms with E-state index in [2.05, 4.69) is 29.3 Å². The highest BCUT2D eigenvalue weighted by Crippen LogP contribution is 2.48. The van der Waals surface area contributed by atoms with Crippen LogP contribution in [0.15, 0.2) is 22.0 Å². The number of hydrogen-bond donors (Lipinski definition) is 1. The highest BCUT2D eigenvalue weighted by Gasteiger charge is 2.44. The van der Waals surface area contributed by atoms with Gasteiger partial charge in [-0.1, -0.05) is 31.5 Å². The minimum absolute atomic E-state index is 0.283. The number of fused-ring (bicyclic) bond motifs is 2. The van der Waals surface area contributed by atoms with Crippen LogP contribution in [0.25, 0.3) is 10.8 Å². The van der Waals surface area contributed by atoms with Crippen molar-refractivity contribution in [3.8, 4) is 10.8 Å². The molecule has 0 aromatic carbocycles. The highest BCUT2D eigenvalue weighted by atomic mass is 32.1. The predicted molar refractivity (Wildman–Crippen MR) is 96.7 cm³/mol. The minimum atomic E-state index is 0.283. The molecule has 0 saturated heterocycles. The van der Waals surface area contributed by atoms with Crippen molar-refractivity contribution in [2.75, 3.05) is 0 Å². The molecule has 0 amide bonds. The molecule has 0 aliphatic heterocycles. The van der Waals surface area contributed by atoms with Crippen LogP contribution in [0.3, 0.4) is 0 Å². The monoisotopic (exact) mass is 345 g/mol. The summed E-state index contributed by atoms with van der Waals surface area (Å²) in [5.74, 6) is 4.01. The van der Waals surface area contributed by atoms with E-state index in [9.17, 15) is 0 Å². The fourth-order valence-corrected chi connectivity index (χ4v) is 5.76. The van der Waals surface area contributed by atoms with Gasteiger partial charge in [-0.3, -0.25) is 0 Å². The van der Waals surface area contributed by atoms with Crippen LogP contribution in [-0.4, -0.2) is 15.7 Å². The Labute approximate surface area is 148 Å². The lowest BCUT2D eigenvalue weighted by Gasteiger charge is -2.51. The lowest BCUT2D eigenvalue weighted by atomic mass is 9.60. The van der Waals surface area contributed by atoms with Gasteiger partial charge in [-0.15, -0.1) is 11.3 Å². The van der Waals surface area contributed by atoms with Gasteiger partial charge in [-0.05, 0) is 61.3 Å². The third-order valence-corrected chi connectivity index (χ3v) is 6.76. The van der Waals surface area contributed by atoms with Gasteiger partial charge in [-0.2, -0.15) is 4.98 Å². The largest absolute Gasteiger partial charge is 0.333 e. The zero-order valence-corrected chi connectivity index (χ0v) is 15.4. The van der Waals surface area contributed by atoms with Gasteiger partial charge < -0.3 is 9.84 Å². The normalized spacial score (nSPS) is 32.8. The molecule has 2 fully saturated rings. The van der Waals surface area contributed by atoms with Gasteiger partial charge in [0.05, 0.1) is 11.4 Å². The molecule has 2 saturated carbocycles. The summed E-state index contributed by atoms with van der Waals surface area (Å²) in [5, 5.41) is 10.1. The summed E-state index contributed by atoms with van der Waals surface area (Å²) >= 11 is 1.64. The van der Waals surface area contributed by atoms with Crippen LogP contribution >= 0.6 is 11.3 Å². The molecule has 4 atom stereocenters. The fraction of sp³-hybridized carbons (Fsp3) is 0.684. The lowest BCUT2D eigenvalue weighted by Crippen LogP contribution is -2.54. The second-order valence-electron chi connectivity index (χ2n) is 7.96. The molecule has 2 bridgehead atoms. The third-order valence-electron chi connectivity index (χ3n) is 5.90. The molecular formula is C19H27N3OS. The molecule has 0 spiro atoms. The van der Waals surface area contributed by atoms with E-state index in [1.165, 1.54) is 38.5 Å². The molecule has 2 aromatic heterocycles. The quantitative estimate of drug-likeness (QED) is 0.839. The molecular weight excluding hydrogens is 318 g/mol. The topological polar surface area (TPSA) is 51.0 Å². The molecule has 4 nitrogen and oxygen atoms in total. The zero-order chi connectivity index (χ0) is 16.6. The van der Waals surface area contributed by atoms with Gasteiger partial charge in [0.25, 0.3) is 5.89 Å². The van der Waals surface area contributed by atoms with Crippen molar-refractivity contribution in [1.29, 1.82) is 0 Å². The van der Waals surface area contributed by atoms with Crippen LogP contribution in [0.2, 0.25) is 0 Å². The van der Waals surface area contributed by atoms with Crippen molar-refractivity contribution in [2.45, 2.75) is 64.5 Å². The van der Waals surface area contributed by atoms with E-state index in [-0.39, 0.29) is 5.54 Å². The van der Waals surface area contributed by atoms with E-state index in [1.807, 2.05) is 17.5 Å². The minimum Gasteiger partial charge on any atom is -0.333 e. The average molecular weight is 346 g/mol. The van der Waals surface area contributed by atoms with Crippen LogP contribution < -0.4 is 5.32 Å². The Bertz CT molecular complexity index is 664. The molecule has 1 N–H and O–H groups in total. The summed E-state index contributed by atoms with van der Waals surface area (Å²) in [4.78, 5) is 5.61. The summed E-state index contributed by atoms with van der Waals surface area (Å²) in [6, 6.07) is 4.03. The molecule has 2 aliphatic rings. The van der Waals surface area contributed by atoms with Gasteiger partial charge in [0, 0.05) is 5.54 Å². The van der Waals surface area contributed by atoms with E-state index in [0.717, 1.165) is 28.5 Å². The summed E-state index contributed by atoms with van der Waals surface area (Å²) in [5.41, 5.74) is 0.283. The van der Waals surface area contributed by atoms with E-state index in [0.29, 0.717) is 12.4 Å². The molecule has 5 heteroatoms. The average Bonchev–Trinajstić information content (AvgIpc) is 3.23. The first-order valence-corrected chi connectivity index (χ1v) is 10.2. The van der Waals surface area contributed by atoms with Crippen molar-refractivity contribution < 1.29 is 4.52 Å². The van der Waals surface area contributed by atoms with Crippen LogP contribution in [0, 0.1) is 17.8 Å². The van der Waals surface area contributed by atoms with Gasteiger partial charge in [0.15, 0.2) is 5.82 Å². The maximum absolute atomic E-state index is 5.42. The summed E-state index contributed by atoms with van der Waals surface area (Å²) < 4.78 is 5.42. The Morgan fingerprint density at radius 2 is 2.25 bits per heavy atom. The Balaban J connectivity index is 1.45. The number of aromatic nitrogens is 2. The Kier molecular flexibility index (Phi) is 4.48. The molecule has 2 aliphatic carbocycles.